The van der Waals surface area contributed by atoms with Gasteiger partial charge >= 0.3 is 0 Å². The van der Waals surface area contributed by atoms with E-state index >= 15 is 0 Å². The van der Waals surface area contributed by atoms with Crippen molar-refractivity contribution >= 4 is 46.1 Å². The van der Waals surface area contributed by atoms with E-state index in [1.807, 2.05) is 24.3 Å². The molecule has 3 aromatic carbocycles. The third kappa shape index (κ3) is 4.10. The number of carbonyl (C=O) groups is 2. The largest absolute Gasteiger partial charge is 0.372 e. The van der Waals surface area contributed by atoms with Gasteiger partial charge in [-0.25, -0.2) is 9.29 Å². The van der Waals surface area contributed by atoms with Gasteiger partial charge in [0, 0.05) is 29.5 Å². The third-order valence-electron chi connectivity index (χ3n) is 5.91. The minimum atomic E-state index is -0.481. The van der Waals surface area contributed by atoms with Gasteiger partial charge in [-0.1, -0.05) is 23.7 Å². The van der Waals surface area contributed by atoms with Crippen LogP contribution in [0.15, 0.2) is 78.5 Å². The van der Waals surface area contributed by atoms with E-state index in [1.165, 1.54) is 37.1 Å². The van der Waals surface area contributed by atoms with Crippen LogP contribution in [0, 0.1) is 5.82 Å². The van der Waals surface area contributed by atoms with Gasteiger partial charge in [0.2, 0.25) is 0 Å². The maximum atomic E-state index is 13.5. The first-order valence-corrected chi connectivity index (χ1v) is 11.2. The van der Waals surface area contributed by atoms with Gasteiger partial charge in [-0.2, -0.15) is 0 Å². The lowest BCUT2D eigenvalue weighted by Crippen LogP contribution is -2.32. The molecular weight excluding hydrogens is 441 g/mol. The van der Waals surface area contributed by atoms with E-state index in [0.29, 0.717) is 22.0 Å². The Morgan fingerprint density at radius 3 is 2.00 bits per heavy atom. The van der Waals surface area contributed by atoms with E-state index in [4.69, 9.17) is 11.6 Å². The van der Waals surface area contributed by atoms with E-state index in [2.05, 4.69) is 10.2 Å². The van der Waals surface area contributed by atoms with E-state index in [9.17, 15) is 14.0 Å². The van der Waals surface area contributed by atoms with Gasteiger partial charge < -0.3 is 10.2 Å². The Hall–Kier alpha value is -3.64. The van der Waals surface area contributed by atoms with Gasteiger partial charge in [0.25, 0.3) is 11.8 Å². The van der Waals surface area contributed by atoms with Crippen LogP contribution in [-0.4, -0.2) is 24.9 Å². The third-order valence-corrected chi connectivity index (χ3v) is 6.16. The second-order valence-corrected chi connectivity index (χ2v) is 8.48. The molecule has 2 aliphatic heterocycles. The van der Waals surface area contributed by atoms with Gasteiger partial charge in [-0.3, -0.25) is 9.59 Å². The van der Waals surface area contributed by atoms with Crippen LogP contribution in [0.5, 0.6) is 0 Å². The van der Waals surface area contributed by atoms with Gasteiger partial charge in [-0.05, 0) is 79.1 Å². The molecule has 3 aromatic rings. The molecule has 0 unspecified atom stereocenters. The van der Waals surface area contributed by atoms with Crippen LogP contribution in [0.2, 0.25) is 5.02 Å². The number of amides is 2. The second-order valence-electron chi connectivity index (χ2n) is 8.05. The Balaban J connectivity index is 1.51. The zero-order valence-electron chi connectivity index (χ0n) is 17.7. The predicted octanol–water partition coefficient (Wildman–Crippen LogP) is 5.48. The van der Waals surface area contributed by atoms with Crippen molar-refractivity contribution in [1.29, 1.82) is 0 Å². The molecule has 0 bridgehead atoms. The minimum absolute atomic E-state index is 0.149. The van der Waals surface area contributed by atoms with Gasteiger partial charge in [0.15, 0.2) is 0 Å². The van der Waals surface area contributed by atoms with Crippen molar-refractivity contribution in [2.45, 2.75) is 12.8 Å². The molecular formula is C26H21ClFN3O2. The number of anilines is 3. The van der Waals surface area contributed by atoms with Crippen molar-refractivity contribution in [2.24, 2.45) is 0 Å². The quantitative estimate of drug-likeness (QED) is 0.511. The van der Waals surface area contributed by atoms with Gasteiger partial charge in [0.1, 0.15) is 11.5 Å². The molecule has 166 valence electrons. The summed E-state index contributed by atoms with van der Waals surface area (Å²) in [7, 11) is 0. The second kappa shape index (κ2) is 8.71. The fourth-order valence-corrected chi connectivity index (χ4v) is 4.36. The van der Waals surface area contributed by atoms with Gasteiger partial charge in [0.05, 0.1) is 11.3 Å². The predicted molar refractivity (Wildman–Crippen MR) is 129 cm³/mol. The molecule has 0 saturated carbocycles. The van der Waals surface area contributed by atoms with Crippen molar-refractivity contribution in [3.05, 3.63) is 94.9 Å². The fraction of sp³-hybridized carbons (Fsp3) is 0.154. The number of nitrogens with zero attached hydrogens (tertiary/aromatic N) is 2. The molecule has 0 aromatic heterocycles. The molecule has 1 N–H and O–H groups in total. The van der Waals surface area contributed by atoms with Crippen molar-refractivity contribution in [2.75, 3.05) is 28.2 Å². The molecule has 0 aliphatic carbocycles. The maximum absolute atomic E-state index is 13.5. The lowest BCUT2D eigenvalue weighted by atomic mass is 10.0. The molecule has 7 heteroatoms. The van der Waals surface area contributed by atoms with Crippen molar-refractivity contribution in [3.8, 4) is 0 Å². The maximum Gasteiger partial charge on any atom is 0.282 e. The van der Waals surface area contributed by atoms with E-state index in [1.54, 1.807) is 24.3 Å². The molecule has 1 fully saturated rings. The Morgan fingerprint density at radius 1 is 0.758 bits per heavy atom. The van der Waals surface area contributed by atoms with E-state index < -0.39 is 17.6 Å². The topological polar surface area (TPSA) is 52.7 Å². The van der Waals surface area contributed by atoms with Crippen molar-refractivity contribution in [1.82, 2.24) is 0 Å². The standard InChI is InChI=1S/C26H21ClFN3O2/c27-18-5-11-22(12-6-18)31-25(32)23(17-3-7-19(28)8-4-17)24(26(31)33)29-20-9-13-21(14-10-20)30-15-1-2-16-30/h3-14,29H,1-2,15-16H2. The van der Waals surface area contributed by atoms with Crippen molar-refractivity contribution < 1.29 is 14.0 Å². The summed E-state index contributed by atoms with van der Waals surface area (Å²) in [6.45, 7) is 2.07. The molecule has 5 rings (SSSR count). The molecule has 33 heavy (non-hydrogen) atoms. The average molecular weight is 462 g/mol. The summed E-state index contributed by atoms with van der Waals surface area (Å²) in [5.74, 6) is -1.38. The molecule has 2 heterocycles. The molecule has 0 radical (unpaired) electrons. The van der Waals surface area contributed by atoms with Crippen LogP contribution in [-0.2, 0) is 9.59 Å². The number of hydrogen-bond acceptors (Lipinski definition) is 4. The summed E-state index contributed by atoms with van der Waals surface area (Å²) in [5.41, 5.74) is 3.03. The summed E-state index contributed by atoms with van der Waals surface area (Å²) in [6.07, 6.45) is 2.37. The number of halogens is 2. The highest BCUT2D eigenvalue weighted by Crippen LogP contribution is 2.34. The minimum Gasteiger partial charge on any atom is -0.372 e. The van der Waals surface area contributed by atoms with Crippen molar-refractivity contribution in [3.63, 3.8) is 0 Å². The molecule has 0 spiro atoms. The number of imide groups is 1. The van der Waals surface area contributed by atoms with Crippen LogP contribution >= 0.6 is 11.6 Å². The fourth-order valence-electron chi connectivity index (χ4n) is 4.23. The van der Waals surface area contributed by atoms with E-state index in [-0.39, 0.29) is 11.3 Å². The lowest BCUT2D eigenvalue weighted by molar-refractivity contribution is -0.120. The number of nitrogens with one attached hydrogen (secondary N) is 1. The first-order chi connectivity index (χ1) is 16.0. The highest BCUT2D eigenvalue weighted by Gasteiger charge is 2.40. The summed E-state index contributed by atoms with van der Waals surface area (Å²) in [5, 5.41) is 3.64. The van der Waals surface area contributed by atoms with Crippen LogP contribution in [0.4, 0.5) is 21.5 Å². The summed E-state index contributed by atoms with van der Waals surface area (Å²) in [4.78, 5) is 30.2. The monoisotopic (exact) mass is 461 g/mol. The highest BCUT2D eigenvalue weighted by molar-refractivity contribution is 6.46. The number of carbonyl (C=O) groups excluding carboxylic acids is 2. The van der Waals surface area contributed by atoms with Crippen LogP contribution in [0.25, 0.3) is 5.57 Å². The summed E-state index contributed by atoms with van der Waals surface area (Å²) < 4.78 is 13.5. The molecule has 0 atom stereocenters. The number of rotatable bonds is 5. The Kier molecular flexibility index (Phi) is 5.60. The zero-order valence-corrected chi connectivity index (χ0v) is 18.5. The number of benzene rings is 3. The first kappa shape index (κ1) is 21.2. The van der Waals surface area contributed by atoms with E-state index in [0.717, 1.165) is 23.7 Å². The Labute approximate surface area is 196 Å². The average Bonchev–Trinajstić information content (AvgIpc) is 3.44. The SMILES string of the molecule is O=C1C(Nc2ccc(N3CCCC3)cc2)=C(c2ccc(F)cc2)C(=O)N1c1ccc(Cl)cc1. The Morgan fingerprint density at radius 2 is 1.36 bits per heavy atom. The summed E-state index contributed by atoms with van der Waals surface area (Å²) >= 11 is 5.98. The first-order valence-electron chi connectivity index (χ1n) is 10.8. The van der Waals surface area contributed by atoms with Gasteiger partial charge in [-0.15, -0.1) is 0 Å². The van der Waals surface area contributed by atoms with Crippen LogP contribution < -0.4 is 15.1 Å². The number of hydrogen-bond donors (Lipinski definition) is 1. The molecule has 1 saturated heterocycles. The molecule has 2 amide bonds. The smallest absolute Gasteiger partial charge is 0.282 e. The lowest BCUT2D eigenvalue weighted by Gasteiger charge is -2.18. The zero-order chi connectivity index (χ0) is 22.9. The normalized spacial score (nSPS) is 16.2. The van der Waals surface area contributed by atoms with Crippen LogP contribution in [0.1, 0.15) is 18.4 Å². The summed E-state index contributed by atoms with van der Waals surface area (Å²) in [6, 6.07) is 19.8. The molecule has 2 aliphatic rings. The highest BCUT2D eigenvalue weighted by atomic mass is 35.5. The Bertz CT molecular complexity index is 1230. The molecule has 5 nitrogen and oxygen atoms in total. The van der Waals surface area contributed by atoms with Crippen LogP contribution in [0.3, 0.4) is 0 Å².